The lowest BCUT2D eigenvalue weighted by atomic mass is 10.0. The number of nitro benzene ring substituents is 1. The summed E-state index contributed by atoms with van der Waals surface area (Å²) in [5.74, 6) is 0.0131. The number of carbonyl (C=O) groups is 2. The van der Waals surface area contributed by atoms with E-state index in [-0.39, 0.29) is 36.6 Å². The lowest BCUT2D eigenvalue weighted by Crippen LogP contribution is -2.31. The zero-order valence-corrected chi connectivity index (χ0v) is 16.8. The smallest absolute Gasteiger partial charge is 0.273 e. The summed E-state index contributed by atoms with van der Waals surface area (Å²) in [6.07, 6.45) is 0.487. The molecule has 0 radical (unpaired) electrons. The summed E-state index contributed by atoms with van der Waals surface area (Å²) in [4.78, 5) is 36.5. The van der Waals surface area contributed by atoms with E-state index in [1.54, 1.807) is 44.4 Å². The molecule has 0 aliphatic heterocycles. The second kappa shape index (κ2) is 10.2. The summed E-state index contributed by atoms with van der Waals surface area (Å²) in [6.45, 7) is 1.81. The fourth-order valence-corrected chi connectivity index (χ4v) is 2.82. The highest BCUT2D eigenvalue weighted by molar-refractivity contribution is 5.80. The Labute approximate surface area is 169 Å². The number of nitrogens with zero attached hydrogens (tertiary/aromatic N) is 2. The largest absolute Gasteiger partial charge is 0.483 e. The van der Waals surface area contributed by atoms with E-state index in [0.29, 0.717) is 17.7 Å². The van der Waals surface area contributed by atoms with E-state index in [4.69, 9.17) is 4.74 Å². The first-order valence-electron chi connectivity index (χ1n) is 9.27. The molecule has 0 heterocycles. The number of hydrogen-bond acceptors (Lipinski definition) is 5. The Morgan fingerprint density at radius 1 is 1.14 bits per heavy atom. The van der Waals surface area contributed by atoms with E-state index < -0.39 is 4.92 Å². The van der Waals surface area contributed by atoms with Gasteiger partial charge in [-0.1, -0.05) is 43.3 Å². The summed E-state index contributed by atoms with van der Waals surface area (Å²) < 4.78 is 5.66. The molecule has 8 nitrogen and oxygen atoms in total. The number of para-hydroxylation sites is 2. The van der Waals surface area contributed by atoms with Crippen LogP contribution in [0, 0.1) is 10.1 Å². The lowest BCUT2D eigenvalue weighted by molar-refractivity contribution is -0.385. The summed E-state index contributed by atoms with van der Waals surface area (Å²) in [6, 6.07) is 13.0. The average Bonchev–Trinajstić information content (AvgIpc) is 2.70. The number of carbonyl (C=O) groups excluding carboxylic acids is 2. The SMILES string of the molecule is CCC(NC(=O)Cc1ccccc1[N+](=O)[O-])c1ccccc1OCC(=O)N(C)C. The van der Waals surface area contributed by atoms with Crippen LogP contribution in [-0.4, -0.2) is 42.3 Å². The van der Waals surface area contributed by atoms with Crippen LogP contribution in [0.25, 0.3) is 0 Å². The van der Waals surface area contributed by atoms with Crippen LogP contribution < -0.4 is 10.1 Å². The number of ether oxygens (including phenoxy) is 1. The second-order valence-corrected chi connectivity index (χ2v) is 6.71. The minimum absolute atomic E-state index is 0.0818. The van der Waals surface area contributed by atoms with E-state index in [2.05, 4.69) is 5.32 Å². The van der Waals surface area contributed by atoms with Crippen LogP contribution in [0.2, 0.25) is 0 Å². The molecule has 0 aliphatic carbocycles. The van der Waals surface area contributed by atoms with Crippen LogP contribution >= 0.6 is 0 Å². The van der Waals surface area contributed by atoms with Gasteiger partial charge in [0.25, 0.3) is 11.6 Å². The molecular formula is C21H25N3O5. The van der Waals surface area contributed by atoms with Gasteiger partial charge in [-0.15, -0.1) is 0 Å². The summed E-state index contributed by atoms with van der Waals surface area (Å²) in [5.41, 5.74) is 1.02. The fourth-order valence-electron chi connectivity index (χ4n) is 2.82. The monoisotopic (exact) mass is 399 g/mol. The van der Waals surface area contributed by atoms with Crippen LogP contribution in [0.4, 0.5) is 5.69 Å². The highest BCUT2D eigenvalue weighted by Crippen LogP contribution is 2.27. The molecule has 2 amide bonds. The molecule has 0 spiro atoms. The molecule has 0 bridgehead atoms. The third kappa shape index (κ3) is 6.03. The van der Waals surface area contributed by atoms with Crippen molar-refractivity contribution in [1.82, 2.24) is 10.2 Å². The molecule has 1 atom stereocenters. The van der Waals surface area contributed by atoms with Crippen LogP contribution in [0.15, 0.2) is 48.5 Å². The highest BCUT2D eigenvalue weighted by atomic mass is 16.6. The zero-order valence-electron chi connectivity index (χ0n) is 16.8. The van der Waals surface area contributed by atoms with Crippen molar-refractivity contribution in [3.8, 4) is 5.75 Å². The van der Waals surface area contributed by atoms with Gasteiger partial charge in [-0.25, -0.2) is 0 Å². The molecule has 1 unspecified atom stereocenters. The minimum atomic E-state index is -0.495. The standard InChI is InChI=1S/C21H25N3O5/c1-4-17(16-10-6-8-12-19(16)29-14-21(26)23(2)3)22-20(25)13-15-9-5-7-11-18(15)24(27)28/h5-12,17H,4,13-14H2,1-3H3,(H,22,25). The van der Waals surface area contributed by atoms with Crippen LogP contribution in [0.5, 0.6) is 5.75 Å². The topological polar surface area (TPSA) is 102 Å². The lowest BCUT2D eigenvalue weighted by Gasteiger charge is -2.21. The second-order valence-electron chi connectivity index (χ2n) is 6.71. The van der Waals surface area contributed by atoms with Gasteiger partial charge in [-0.05, 0) is 12.5 Å². The van der Waals surface area contributed by atoms with E-state index in [1.807, 2.05) is 19.1 Å². The van der Waals surface area contributed by atoms with Crippen molar-refractivity contribution in [3.05, 3.63) is 69.8 Å². The van der Waals surface area contributed by atoms with Gasteiger partial charge in [0.2, 0.25) is 5.91 Å². The summed E-state index contributed by atoms with van der Waals surface area (Å²) in [7, 11) is 3.30. The Bertz CT molecular complexity index is 882. The van der Waals surface area contributed by atoms with Crippen molar-refractivity contribution in [3.63, 3.8) is 0 Å². The number of likely N-dealkylation sites (N-methyl/N-ethyl adjacent to an activating group) is 1. The molecule has 0 saturated heterocycles. The number of nitrogens with one attached hydrogen (secondary N) is 1. The number of hydrogen-bond donors (Lipinski definition) is 1. The van der Waals surface area contributed by atoms with Gasteiger partial charge in [0.05, 0.1) is 17.4 Å². The van der Waals surface area contributed by atoms with Crippen LogP contribution in [0.1, 0.15) is 30.5 Å². The van der Waals surface area contributed by atoms with E-state index in [9.17, 15) is 19.7 Å². The van der Waals surface area contributed by atoms with Gasteiger partial charge in [0, 0.05) is 31.3 Å². The van der Waals surface area contributed by atoms with Crippen molar-refractivity contribution in [2.75, 3.05) is 20.7 Å². The fraction of sp³-hybridized carbons (Fsp3) is 0.333. The van der Waals surface area contributed by atoms with E-state index >= 15 is 0 Å². The predicted molar refractivity (Wildman–Crippen MR) is 109 cm³/mol. The zero-order chi connectivity index (χ0) is 21.4. The molecule has 2 aromatic carbocycles. The number of nitro groups is 1. The summed E-state index contributed by atoms with van der Waals surface area (Å²) in [5, 5.41) is 14.1. The Morgan fingerprint density at radius 3 is 2.45 bits per heavy atom. The molecule has 0 saturated carbocycles. The van der Waals surface area contributed by atoms with E-state index in [1.165, 1.54) is 11.0 Å². The Kier molecular flexibility index (Phi) is 7.70. The maximum absolute atomic E-state index is 12.6. The van der Waals surface area contributed by atoms with Crippen molar-refractivity contribution < 1.29 is 19.2 Å². The third-order valence-electron chi connectivity index (χ3n) is 4.43. The van der Waals surface area contributed by atoms with Crippen molar-refractivity contribution in [1.29, 1.82) is 0 Å². The molecule has 8 heteroatoms. The first kappa shape index (κ1) is 21.9. The van der Waals surface area contributed by atoms with Crippen molar-refractivity contribution in [2.45, 2.75) is 25.8 Å². The highest BCUT2D eigenvalue weighted by Gasteiger charge is 2.20. The third-order valence-corrected chi connectivity index (χ3v) is 4.43. The first-order chi connectivity index (χ1) is 13.8. The number of amides is 2. The number of benzene rings is 2. The van der Waals surface area contributed by atoms with Gasteiger partial charge in [-0.2, -0.15) is 0 Å². The molecule has 0 aromatic heterocycles. The molecule has 29 heavy (non-hydrogen) atoms. The maximum Gasteiger partial charge on any atom is 0.273 e. The van der Waals surface area contributed by atoms with Crippen molar-refractivity contribution in [2.24, 2.45) is 0 Å². The van der Waals surface area contributed by atoms with Gasteiger partial charge in [-0.3, -0.25) is 19.7 Å². The molecule has 0 fully saturated rings. The van der Waals surface area contributed by atoms with E-state index in [0.717, 1.165) is 5.56 Å². The molecular weight excluding hydrogens is 374 g/mol. The summed E-state index contributed by atoms with van der Waals surface area (Å²) >= 11 is 0. The maximum atomic E-state index is 12.6. The van der Waals surface area contributed by atoms with Crippen LogP contribution in [0.3, 0.4) is 0 Å². The van der Waals surface area contributed by atoms with Crippen LogP contribution in [-0.2, 0) is 16.0 Å². The molecule has 2 rings (SSSR count). The quantitative estimate of drug-likeness (QED) is 0.516. The first-order valence-corrected chi connectivity index (χ1v) is 9.27. The molecule has 154 valence electrons. The Morgan fingerprint density at radius 2 is 1.79 bits per heavy atom. The van der Waals surface area contributed by atoms with Gasteiger partial charge >= 0.3 is 0 Å². The van der Waals surface area contributed by atoms with Crippen molar-refractivity contribution >= 4 is 17.5 Å². The minimum Gasteiger partial charge on any atom is -0.483 e. The predicted octanol–water partition coefficient (Wildman–Crippen LogP) is 2.87. The Balaban J connectivity index is 2.13. The van der Waals surface area contributed by atoms with Gasteiger partial charge < -0.3 is 15.0 Å². The molecule has 0 aliphatic rings. The molecule has 1 N–H and O–H groups in total. The number of rotatable bonds is 9. The average molecular weight is 399 g/mol. The van der Waals surface area contributed by atoms with Gasteiger partial charge in [0.1, 0.15) is 5.75 Å². The Hall–Kier alpha value is -3.42. The van der Waals surface area contributed by atoms with Gasteiger partial charge in [0.15, 0.2) is 6.61 Å². The normalized spacial score (nSPS) is 11.4. The molecule has 2 aromatic rings.